The van der Waals surface area contributed by atoms with Gasteiger partial charge in [-0.15, -0.1) is 0 Å². The maximum absolute atomic E-state index is 12.4. The van der Waals surface area contributed by atoms with E-state index in [1.54, 1.807) is 6.92 Å². The van der Waals surface area contributed by atoms with Gasteiger partial charge >= 0.3 is 10.4 Å². The third kappa shape index (κ3) is 6.44. The molecule has 20 atom stereocenters. The van der Waals surface area contributed by atoms with Crippen LogP contribution >= 0.6 is 0 Å². The summed E-state index contributed by atoms with van der Waals surface area (Å²) in [5.74, 6) is 1.86. The smallest absolute Gasteiger partial charge is 0.395 e. The molecular weight excluding hydrogens is 745 g/mol. The quantitative estimate of drug-likeness (QED) is 0.144. The highest BCUT2D eigenvalue weighted by molar-refractivity contribution is 7.80. The zero-order valence-corrected chi connectivity index (χ0v) is 35.4. The summed E-state index contributed by atoms with van der Waals surface area (Å²) >= 11 is 0. The number of rotatable bonds is 7. The van der Waals surface area contributed by atoms with Crippen LogP contribution < -0.4 is 0 Å². The minimum absolute atomic E-state index is 0.112. The summed E-state index contributed by atoms with van der Waals surface area (Å²) in [7, 11) is -5.09. The van der Waals surface area contributed by atoms with Crippen molar-refractivity contribution in [3.05, 3.63) is 11.6 Å². The van der Waals surface area contributed by atoms with Crippen LogP contribution in [0.15, 0.2) is 11.6 Å². The SMILES string of the molecule is C[C@H]1[C@H](C)CC[C@]2(C)CC[C@]3(CO)C(=CC[C@@H]4[C@@]5(C)CC[C@H]([C@@H]6O[C@H](C)[C@@H](O[C@@H]7O[C@H](CO)[C@@H](O)[C@H](O)[C@H]7O)[C@H](O)[C@H]6OS(=O)(=O)O)C(C)(C)[C@@H]5CC[C@]43C)[C@H]12. The summed E-state index contributed by atoms with van der Waals surface area (Å²) in [6.45, 7) is 17.7. The highest BCUT2D eigenvalue weighted by Crippen LogP contribution is 2.76. The van der Waals surface area contributed by atoms with E-state index in [2.05, 4.69) is 54.5 Å². The first-order chi connectivity index (χ1) is 26.0. The van der Waals surface area contributed by atoms with Crippen molar-refractivity contribution < 1.29 is 62.0 Å². The predicted molar refractivity (Wildman–Crippen MR) is 205 cm³/mol. The summed E-state index contributed by atoms with van der Waals surface area (Å²) in [5, 5.41) is 64.4. The summed E-state index contributed by atoms with van der Waals surface area (Å²) in [6, 6.07) is 0. The predicted octanol–water partition coefficient (Wildman–Crippen LogP) is 3.77. The molecule has 0 aromatic rings. The lowest BCUT2D eigenvalue weighted by Gasteiger charge is -2.72. The molecule has 0 radical (unpaired) electrons. The van der Waals surface area contributed by atoms with Crippen LogP contribution in [0.1, 0.15) is 113 Å². The highest BCUT2D eigenvalue weighted by atomic mass is 32.3. The Morgan fingerprint density at radius 3 is 2.14 bits per heavy atom. The fraction of sp³-hybridized carbons (Fsp3) is 0.952. The molecule has 4 saturated carbocycles. The Labute approximate surface area is 333 Å². The molecule has 7 aliphatic rings. The summed E-state index contributed by atoms with van der Waals surface area (Å²) in [5.41, 5.74) is 0.819. The van der Waals surface area contributed by atoms with Gasteiger partial charge in [-0.3, -0.25) is 4.55 Å². The molecule has 7 N–H and O–H groups in total. The van der Waals surface area contributed by atoms with Gasteiger partial charge in [-0.2, -0.15) is 8.42 Å². The first-order valence-electron chi connectivity index (χ1n) is 21.3. The van der Waals surface area contributed by atoms with Crippen LogP contribution in [0.2, 0.25) is 0 Å². The molecule has 13 nitrogen and oxygen atoms in total. The van der Waals surface area contributed by atoms with E-state index in [0.717, 1.165) is 38.5 Å². The number of aliphatic hydroxyl groups excluding tert-OH is 6. The van der Waals surface area contributed by atoms with Crippen molar-refractivity contribution in [3.8, 4) is 0 Å². The molecule has 6 fully saturated rings. The van der Waals surface area contributed by atoms with Crippen molar-refractivity contribution in [1.29, 1.82) is 0 Å². The largest absolute Gasteiger partial charge is 0.397 e. The molecule has 7 rings (SSSR count). The molecule has 0 aromatic heterocycles. The van der Waals surface area contributed by atoms with E-state index >= 15 is 0 Å². The Balaban J connectivity index is 1.17. The van der Waals surface area contributed by atoms with Crippen molar-refractivity contribution in [3.63, 3.8) is 0 Å². The lowest BCUT2D eigenvalue weighted by molar-refractivity contribution is -0.342. The molecule has 0 unspecified atom stereocenters. The standard InChI is InChI=1S/C42H70O13S/c1-21-11-14-39(6)17-18-42(20-44)24(29(39)22(21)2)9-10-28-40(7)15-12-25(38(4,5)27(40)13-16-41(28,42)8)35-36(55-56(49,50)51)33(48)34(23(3)52-35)54-37-32(47)31(46)30(45)26(19-43)53-37/h9,21-23,25-37,43-48H,10-20H2,1-8H3,(H,49,50,51)/t21-,22+,23-,25-,26-,27+,28-,29+,30-,31+,32-,33+,34-,35+,36-,37+,39-,40+,41-,42+/m1/s1. The van der Waals surface area contributed by atoms with E-state index in [0.29, 0.717) is 30.1 Å². The Hall–Kier alpha value is -0.750. The minimum atomic E-state index is -5.09. The van der Waals surface area contributed by atoms with Crippen LogP contribution in [0, 0.1) is 62.6 Å². The normalized spacial score (nSPS) is 54.5. The van der Waals surface area contributed by atoms with Crippen molar-refractivity contribution in [2.45, 2.75) is 174 Å². The second kappa shape index (κ2) is 14.7. The van der Waals surface area contributed by atoms with Crippen LogP contribution in [0.5, 0.6) is 0 Å². The molecule has 2 heterocycles. The number of aliphatic hydroxyl groups is 6. The molecule has 322 valence electrons. The van der Waals surface area contributed by atoms with Crippen LogP contribution in [0.4, 0.5) is 0 Å². The number of fused-ring (bicyclic) bond motifs is 7. The fourth-order valence-electron chi connectivity index (χ4n) is 14.8. The van der Waals surface area contributed by atoms with Crippen molar-refractivity contribution >= 4 is 10.4 Å². The third-order valence-electron chi connectivity index (χ3n) is 18.1. The topological polar surface area (TPSA) is 213 Å². The average molecular weight is 815 g/mol. The number of hydrogen-bond acceptors (Lipinski definition) is 12. The van der Waals surface area contributed by atoms with E-state index in [4.69, 9.17) is 18.4 Å². The molecular formula is C42H70O13S. The van der Waals surface area contributed by atoms with Crippen LogP contribution in [0.25, 0.3) is 0 Å². The first kappa shape index (κ1) is 43.3. The van der Waals surface area contributed by atoms with E-state index in [1.807, 2.05) is 0 Å². The van der Waals surface area contributed by atoms with Crippen molar-refractivity contribution in [2.75, 3.05) is 13.2 Å². The highest BCUT2D eigenvalue weighted by Gasteiger charge is 2.70. The third-order valence-corrected chi connectivity index (χ3v) is 18.5. The lowest BCUT2D eigenvalue weighted by Crippen LogP contribution is -2.68. The van der Waals surface area contributed by atoms with Crippen LogP contribution in [0.3, 0.4) is 0 Å². The first-order valence-corrected chi connectivity index (χ1v) is 22.6. The minimum Gasteiger partial charge on any atom is -0.395 e. The lowest BCUT2D eigenvalue weighted by atomic mass is 9.32. The number of allylic oxidation sites excluding steroid dienone is 1. The van der Waals surface area contributed by atoms with E-state index in [-0.39, 0.29) is 40.1 Å². The van der Waals surface area contributed by atoms with E-state index in [9.17, 15) is 43.6 Å². The Morgan fingerprint density at radius 2 is 1.50 bits per heavy atom. The molecule has 0 bridgehead atoms. The van der Waals surface area contributed by atoms with Crippen molar-refractivity contribution in [1.82, 2.24) is 0 Å². The fourth-order valence-corrected chi connectivity index (χ4v) is 15.3. The Morgan fingerprint density at radius 1 is 0.804 bits per heavy atom. The molecule has 2 saturated heterocycles. The zero-order chi connectivity index (χ0) is 41.1. The van der Waals surface area contributed by atoms with Crippen LogP contribution in [-0.4, -0.2) is 118 Å². The number of hydrogen-bond donors (Lipinski definition) is 7. The summed E-state index contributed by atoms with van der Waals surface area (Å²) in [6.07, 6.45) is -3.06. The molecule has 0 spiro atoms. The van der Waals surface area contributed by atoms with E-state index < -0.39 is 83.6 Å². The maximum Gasteiger partial charge on any atom is 0.397 e. The summed E-state index contributed by atoms with van der Waals surface area (Å²) < 4.78 is 58.0. The molecule has 0 amide bonds. The van der Waals surface area contributed by atoms with Gasteiger partial charge in [0.2, 0.25) is 0 Å². The van der Waals surface area contributed by atoms with Gasteiger partial charge in [-0.05, 0) is 122 Å². The van der Waals surface area contributed by atoms with Crippen molar-refractivity contribution in [2.24, 2.45) is 62.6 Å². The molecule has 56 heavy (non-hydrogen) atoms. The van der Waals surface area contributed by atoms with Gasteiger partial charge in [0.25, 0.3) is 0 Å². The number of ether oxygens (including phenoxy) is 3. The maximum atomic E-state index is 12.4. The van der Waals surface area contributed by atoms with Gasteiger partial charge in [0, 0.05) is 5.41 Å². The second-order valence-electron chi connectivity index (χ2n) is 20.8. The van der Waals surface area contributed by atoms with Gasteiger partial charge in [0.1, 0.15) is 42.7 Å². The Kier molecular flexibility index (Phi) is 11.4. The van der Waals surface area contributed by atoms with Crippen LogP contribution in [-0.2, 0) is 28.8 Å². The second-order valence-corrected chi connectivity index (χ2v) is 21.8. The molecule has 2 aliphatic heterocycles. The van der Waals surface area contributed by atoms with Gasteiger partial charge < -0.3 is 44.8 Å². The van der Waals surface area contributed by atoms with Gasteiger partial charge in [0.15, 0.2) is 6.29 Å². The average Bonchev–Trinajstić information content (AvgIpc) is 3.12. The summed E-state index contributed by atoms with van der Waals surface area (Å²) in [4.78, 5) is 0. The monoisotopic (exact) mass is 814 g/mol. The van der Waals surface area contributed by atoms with Gasteiger partial charge in [-0.25, -0.2) is 4.18 Å². The van der Waals surface area contributed by atoms with Gasteiger partial charge in [-0.1, -0.05) is 60.1 Å². The molecule has 14 heteroatoms. The Bertz CT molecular complexity index is 1600. The molecule has 0 aromatic carbocycles. The molecule has 5 aliphatic carbocycles. The zero-order valence-electron chi connectivity index (χ0n) is 34.6. The van der Waals surface area contributed by atoms with E-state index in [1.165, 1.54) is 18.4 Å². The van der Waals surface area contributed by atoms with Gasteiger partial charge in [0.05, 0.1) is 25.4 Å².